The Labute approximate surface area is 88.6 Å². The monoisotopic (exact) mass is 266 g/mol. The van der Waals surface area contributed by atoms with Gasteiger partial charge in [-0.15, -0.1) is 13.2 Å². The molecule has 0 aliphatic carbocycles. The molecule has 1 aromatic carbocycles. The van der Waals surface area contributed by atoms with Crippen molar-refractivity contribution >= 4 is 0 Å². The number of ether oxygens (including phenoxy) is 1. The Kier molecular flexibility index (Phi) is 3.22. The quantitative estimate of drug-likeness (QED) is 0.701. The second-order valence-corrected chi connectivity index (χ2v) is 2.81. The van der Waals surface area contributed by atoms with Gasteiger partial charge in [0.15, 0.2) is 11.6 Å². The van der Waals surface area contributed by atoms with Crippen LogP contribution in [-0.2, 0) is 6.18 Å². The summed E-state index contributed by atoms with van der Waals surface area (Å²) in [6.07, 6.45) is -10.7. The maximum Gasteiger partial charge on any atom is 0.573 e. The minimum Gasteiger partial charge on any atom is -0.405 e. The Bertz CT molecular complexity index is 419. The molecule has 0 spiro atoms. The van der Waals surface area contributed by atoms with Crippen molar-refractivity contribution in [1.29, 1.82) is 0 Å². The lowest BCUT2D eigenvalue weighted by Crippen LogP contribution is -2.20. The maximum atomic E-state index is 12.5. The maximum absolute atomic E-state index is 12.5. The van der Waals surface area contributed by atoms with Crippen LogP contribution in [0.4, 0.5) is 35.1 Å². The first kappa shape index (κ1) is 13.5. The minimum atomic E-state index is -5.44. The molecule has 17 heavy (non-hydrogen) atoms. The fourth-order valence-electron chi connectivity index (χ4n) is 0.959. The number of alkyl halides is 6. The number of hydrogen-bond donors (Lipinski definition) is 0. The summed E-state index contributed by atoms with van der Waals surface area (Å²) in [4.78, 5) is 0. The van der Waals surface area contributed by atoms with Crippen LogP contribution in [0.2, 0.25) is 0 Å². The van der Waals surface area contributed by atoms with Crippen molar-refractivity contribution in [2.45, 2.75) is 12.5 Å². The molecule has 0 saturated heterocycles. The van der Waals surface area contributed by atoms with E-state index in [4.69, 9.17) is 0 Å². The second kappa shape index (κ2) is 4.04. The highest BCUT2D eigenvalue weighted by Crippen LogP contribution is 2.39. The van der Waals surface area contributed by atoms with Crippen LogP contribution in [0.25, 0.3) is 0 Å². The normalized spacial score (nSPS) is 12.7. The van der Waals surface area contributed by atoms with Gasteiger partial charge in [-0.3, -0.25) is 0 Å². The van der Waals surface area contributed by atoms with Crippen LogP contribution >= 0.6 is 0 Å². The first-order valence-corrected chi connectivity index (χ1v) is 3.82. The molecule has 0 amide bonds. The number of hydrogen-bond acceptors (Lipinski definition) is 1. The number of benzene rings is 1. The highest BCUT2D eigenvalue weighted by molar-refractivity contribution is 5.37. The molecule has 96 valence electrons. The summed E-state index contributed by atoms with van der Waals surface area (Å²) >= 11 is 0. The third kappa shape index (κ3) is 3.46. The van der Waals surface area contributed by atoms with Crippen molar-refractivity contribution in [3.8, 4) is 5.75 Å². The molecule has 0 fully saturated rings. The summed E-state index contributed by atoms with van der Waals surface area (Å²) in [7, 11) is 0. The predicted molar refractivity (Wildman–Crippen MR) is 38.0 cm³/mol. The molecule has 0 radical (unpaired) electrons. The largest absolute Gasteiger partial charge is 0.573 e. The lowest BCUT2D eigenvalue weighted by molar-refractivity contribution is -0.276. The SMILES string of the molecule is Fc1cc(OC(F)(F)F)c(C(F)(F)F)cc1F. The highest BCUT2D eigenvalue weighted by atomic mass is 19.4. The molecule has 0 heterocycles. The van der Waals surface area contributed by atoms with Crippen molar-refractivity contribution in [2.75, 3.05) is 0 Å². The standard InChI is InChI=1S/C8H2F8O/c9-4-1-3(7(11,12)13)6(2-5(4)10)17-8(14,15)16/h1-2H. The molecule has 0 aliphatic heterocycles. The fourth-order valence-corrected chi connectivity index (χ4v) is 0.959. The van der Waals surface area contributed by atoms with Gasteiger partial charge in [0.25, 0.3) is 0 Å². The molecule has 1 nitrogen and oxygen atoms in total. The van der Waals surface area contributed by atoms with Gasteiger partial charge in [-0.05, 0) is 6.07 Å². The van der Waals surface area contributed by atoms with E-state index >= 15 is 0 Å². The zero-order valence-electron chi connectivity index (χ0n) is 7.59. The zero-order valence-corrected chi connectivity index (χ0v) is 7.59. The first-order chi connectivity index (χ1) is 7.50. The van der Waals surface area contributed by atoms with Crippen LogP contribution in [0, 0.1) is 11.6 Å². The second-order valence-electron chi connectivity index (χ2n) is 2.81. The van der Waals surface area contributed by atoms with E-state index in [-0.39, 0.29) is 6.07 Å². The molecule has 0 saturated carbocycles. The molecular formula is C8H2F8O. The molecule has 0 unspecified atom stereocenters. The fraction of sp³-hybridized carbons (Fsp3) is 0.250. The van der Waals surface area contributed by atoms with Crippen LogP contribution in [0.15, 0.2) is 12.1 Å². The van der Waals surface area contributed by atoms with Crippen LogP contribution in [0.1, 0.15) is 5.56 Å². The van der Waals surface area contributed by atoms with E-state index in [1.807, 2.05) is 0 Å². The molecule has 0 bridgehead atoms. The van der Waals surface area contributed by atoms with E-state index < -0.39 is 41.6 Å². The van der Waals surface area contributed by atoms with Crippen LogP contribution in [0.5, 0.6) is 5.75 Å². The lowest BCUT2D eigenvalue weighted by Gasteiger charge is -2.15. The Balaban J connectivity index is 3.32. The summed E-state index contributed by atoms with van der Waals surface area (Å²) in [5, 5.41) is 0. The summed E-state index contributed by atoms with van der Waals surface area (Å²) in [5.41, 5.74) is -2.05. The van der Waals surface area contributed by atoms with Crippen LogP contribution in [-0.4, -0.2) is 6.36 Å². The highest BCUT2D eigenvalue weighted by Gasteiger charge is 2.40. The summed E-state index contributed by atoms with van der Waals surface area (Å²) < 4.78 is 99.8. The van der Waals surface area contributed by atoms with Crippen molar-refractivity contribution in [3.05, 3.63) is 29.3 Å². The third-order valence-electron chi connectivity index (χ3n) is 1.55. The Morgan fingerprint density at radius 2 is 1.29 bits per heavy atom. The van der Waals surface area contributed by atoms with E-state index in [2.05, 4.69) is 4.74 Å². The molecular weight excluding hydrogens is 264 g/mol. The van der Waals surface area contributed by atoms with Crippen LogP contribution in [0.3, 0.4) is 0 Å². The molecule has 9 heteroatoms. The van der Waals surface area contributed by atoms with Crippen molar-refractivity contribution in [2.24, 2.45) is 0 Å². The minimum absolute atomic E-state index is 0.314. The molecule has 0 aliphatic rings. The molecule has 0 atom stereocenters. The Morgan fingerprint density at radius 1 is 0.824 bits per heavy atom. The molecule has 0 N–H and O–H groups in total. The number of rotatable bonds is 1. The predicted octanol–water partition coefficient (Wildman–Crippen LogP) is 3.88. The van der Waals surface area contributed by atoms with Gasteiger partial charge in [0.2, 0.25) is 0 Å². The summed E-state index contributed by atoms with van der Waals surface area (Å²) in [6.45, 7) is 0. The van der Waals surface area contributed by atoms with Crippen molar-refractivity contribution in [1.82, 2.24) is 0 Å². The lowest BCUT2D eigenvalue weighted by atomic mass is 10.2. The van der Waals surface area contributed by atoms with E-state index in [0.29, 0.717) is 0 Å². The molecule has 1 rings (SSSR count). The smallest absolute Gasteiger partial charge is 0.405 e. The van der Waals surface area contributed by atoms with Crippen molar-refractivity contribution in [3.63, 3.8) is 0 Å². The number of halogens is 8. The van der Waals surface area contributed by atoms with E-state index in [1.54, 1.807) is 0 Å². The van der Waals surface area contributed by atoms with E-state index in [1.165, 1.54) is 0 Å². The van der Waals surface area contributed by atoms with Crippen LogP contribution < -0.4 is 4.74 Å². The van der Waals surface area contributed by atoms with Gasteiger partial charge in [-0.25, -0.2) is 8.78 Å². The topological polar surface area (TPSA) is 9.23 Å². The van der Waals surface area contributed by atoms with Gasteiger partial charge in [-0.1, -0.05) is 0 Å². The summed E-state index contributed by atoms with van der Waals surface area (Å²) in [5.74, 6) is -5.65. The third-order valence-corrected chi connectivity index (χ3v) is 1.55. The average molecular weight is 266 g/mol. The Hall–Kier alpha value is -1.54. The van der Waals surface area contributed by atoms with E-state index in [0.717, 1.165) is 0 Å². The van der Waals surface area contributed by atoms with E-state index in [9.17, 15) is 35.1 Å². The zero-order chi connectivity index (χ0) is 13.4. The van der Waals surface area contributed by atoms with Gasteiger partial charge in [0, 0.05) is 6.07 Å². The van der Waals surface area contributed by atoms with Gasteiger partial charge < -0.3 is 4.74 Å². The van der Waals surface area contributed by atoms with Gasteiger partial charge in [0.1, 0.15) is 11.3 Å². The molecule has 1 aromatic rings. The summed E-state index contributed by atoms with van der Waals surface area (Å²) in [6, 6.07) is -0.720. The van der Waals surface area contributed by atoms with Gasteiger partial charge in [0.05, 0.1) is 0 Å². The van der Waals surface area contributed by atoms with Gasteiger partial charge >= 0.3 is 12.5 Å². The average Bonchev–Trinajstić information content (AvgIpc) is 2.06. The van der Waals surface area contributed by atoms with Gasteiger partial charge in [-0.2, -0.15) is 13.2 Å². The first-order valence-electron chi connectivity index (χ1n) is 3.82. The van der Waals surface area contributed by atoms with Crippen molar-refractivity contribution < 1.29 is 39.9 Å². The molecule has 0 aromatic heterocycles. The Morgan fingerprint density at radius 3 is 1.71 bits per heavy atom.